The van der Waals surface area contributed by atoms with Crippen LogP contribution in [0.2, 0.25) is 0 Å². The predicted molar refractivity (Wildman–Crippen MR) is 155 cm³/mol. The second-order valence-corrected chi connectivity index (χ2v) is 10.4. The highest BCUT2D eigenvalue weighted by atomic mass is 16.5. The van der Waals surface area contributed by atoms with E-state index < -0.39 is 12.2 Å². The normalized spacial score (nSPS) is 18.4. The van der Waals surface area contributed by atoms with Crippen molar-refractivity contribution in [3.8, 4) is 11.5 Å². The summed E-state index contributed by atoms with van der Waals surface area (Å²) in [6.45, 7) is 8.71. The number of aliphatic hydroxyl groups excluding tert-OH is 2. The van der Waals surface area contributed by atoms with E-state index in [2.05, 4.69) is 29.6 Å². The molecule has 2 saturated heterocycles. The maximum absolute atomic E-state index is 10.5. The number of anilines is 2. The number of hydrogen-bond donors (Lipinski definition) is 2. The molecule has 2 atom stereocenters. The van der Waals surface area contributed by atoms with E-state index >= 15 is 0 Å². The van der Waals surface area contributed by atoms with Crippen LogP contribution in [0.5, 0.6) is 11.5 Å². The van der Waals surface area contributed by atoms with Crippen LogP contribution in [0, 0.1) is 0 Å². The lowest BCUT2D eigenvalue weighted by Crippen LogP contribution is -2.49. The van der Waals surface area contributed by atoms with Crippen molar-refractivity contribution in [2.45, 2.75) is 12.2 Å². The third-order valence-corrected chi connectivity index (χ3v) is 7.34. The Morgan fingerprint density at radius 1 is 0.575 bits per heavy atom. The van der Waals surface area contributed by atoms with Gasteiger partial charge in [0.15, 0.2) is 0 Å². The van der Waals surface area contributed by atoms with Crippen molar-refractivity contribution in [1.82, 2.24) is 19.8 Å². The molecule has 0 unspecified atom stereocenters. The van der Waals surface area contributed by atoms with Gasteiger partial charge in [0, 0.05) is 77.8 Å². The highest BCUT2D eigenvalue weighted by molar-refractivity contribution is 5.39. The Hall–Kier alpha value is -3.44. The largest absolute Gasteiger partial charge is 0.491 e. The smallest absolute Gasteiger partial charge is 0.128 e. The summed E-state index contributed by atoms with van der Waals surface area (Å²) in [4.78, 5) is 17.9. The number of benzene rings is 1. The first-order valence-corrected chi connectivity index (χ1v) is 14.1. The van der Waals surface area contributed by atoms with E-state index in [0.717, 1.165) is 64.0 Å². The molecule has 4 heterocycles. The molecule has 10 heteroatoms. The highest BCUT2D eigenvalue weighted by Gasteiger charge is 2.21. The Morgan fingerprint density at radius 3 is 1.32 bits per heavy atom. The van der Waals surface area contributed by atoms with Gasteiger partial charge in [-0.25, -0.2) is 9.97 Å². The van der Waals surface area contributed by atoms with Crippen molar-refractivity contribution in [3.05, 3.63) is 73.1 Å². The number of rotatable bonds is 12. The van der Waals surface area contributed by atoms with Gasteiger partial charge in [-0.05, 0) is 48.5 Å². The number of hydrogen-bond acceptors (Lipinski definition) is 10. The van der Waals surface area contributed by atoms with Gasteiger partial charge in [-0.1, -0.05) is 12.1 Å². The number of ether oxygens (including phenoxy) is 2. The molecule has 1 aromatic carbocycles. The van der Waals surface area contributed by atoms with Gasteiger partial charge < -0.3 is 29.5 Å². The zero-order valence-electron chi connectivity index (χ0n) is 23.0. The summed E-state index contributed by atoms with van der Waals surface area (Å²) in [7, 11) is 0. The minimum absolute atomic E-state index is 0.229. The molecular weight excluding hydrogens is 508 g/mol. The van der Waals surface area contributed by atoms with Crippen LogP contribution in [0.1, 0.15) is 0 Å². The van der Waals surface area contributed by atoms with Gasteiger partial charge in [0.2, 0.25) is 0 Å². The molecule has 2 aliphatic rings. The number of nitrogens with zero attached hydrogens (tertiary/aromatic N) is 6. The molecule has 2 aliphatic heterocycles. The minimum Gasteiger partial charge on any atom is -0.491 e. The van der Waals surface area contributed by atoms with E-state index in [1.165, 1.54) is 0 Å². The minimum atomic E-state index is -0.571. The van der Waals surface area contributed by atoms with E-state index in [4.69, 9.17) is 9.47 Å². The van der Waals surface area contributed by atoms with E-state index in [0.29, 0.717) is 24.6 Å². The molecule has 40 heavy (non-hydrogen) atoms. The Kier molecular flexibility index (Phi) is 10.0. The molecule has 0 saturated carbocycles. The van der Waals surface area contributed by atoms with Crippen LogP contribution in [0.4, 0.5) is 11.6 Å². The zero-order chi connectivity index (χ0) is 27.6. The lowest BCUT2D eigenvalue weighted by Gasteiger charge is -2.36. The van der Waals surface area contributed by atoms with Crippen LogP contribution in [0.25, 0.3) is 0 Å². The van der Waals surface area contributed by atoms with Gasteiger partial charge in [-0.3, -0.25) is 9.80 Å². The topological polar surface area (TPSA) is 97.7 Å². The first-order chi connectivity index (χ1) is 19.6. The fourth-order valence-electron chi connectivity index (χ4n) is 5.12. The molecule has 10 nitrogen and oxygen atoms in total. The van der Waals surface area contributed by atoms with E-state index in [-0.39, 0.29) is 13.2 Å². The van der Waals surface area contributed by atoms with Gasteiger partial charge in [-0.2, -0.15) is 0 Å². The monoisotopic (exact) mass is 548 g/mol. The Morgan fingerprint density at radius 2 is 0.975 bits per heavy atom. The third-order valence-electron chi connectivity index (χ3n) is 7.34. The maximum atomic E-state index is 10.5. The summed E-state index contributed by atoms with van der Waals surface area (Å²) in [6, 6.07) is 19.3. The van der Waals surface area contributed by atoms with Crippen LogP contribution in [-0.2, 0) is 0 Å². The molecule has 3 aromatic rings. The standard InChI is InChI=1S/C30H40N6O4/c37-25(21-33-13-17-35(18-14-33)29-5-1-3-11-31-29)23-39-27-7-9-28(10-8-27)40-24-26(38)22-34-15-19-36(20-16-34)30-6-2-4-12-32-30/h1-12,25-26,37-38H,13-24H2/t25-,26+. The zero-order valence-corrected chi connectivity index (χ0v) is 23.0. The molecule has 0 spiro atoms. The fourth-order valence-corrected chi connectivity index (χ4v) is 5.12. The fraction of sp³-hybridized carbons (Fsp3) is 0.467. The summed E-state index contributed by atoms with van der Waals surface area (Å²) in [5.41, 5.74) is 0. The van der Waals surface area contributed by atoms with Crippen molar-refractivity contribution in [3.63, 3.8) is 0 Å². The first-order valence-electron chi connectivity index (χ1n) is 14.1. The summed E-state index contributed by atoms with van der Waals surface area (Å²) >= 11 is 0. The van der Waals surface area contributed by atoms with Gasteiger partial charge in [-0.15, -0.1) is 0 Å². The van der Waals surface area contributed by atoms with Crippen LogP contribution >= 0.6 is 0 Å². The summed E-state index contributed by atoms with van der Waals surface area (Å²) in [6.07, 6.45) is 2.50. The molecule has 0 radical (unpaired) electrons. The Balaban J connectivity index is 0.952. The van der Waals surface area contributed by atoms with Gasteiger partial charge in [0.25, 0.3) is 0 Å². The van der Waals surface area contributed by atoms with Crippen molar-refractivity contribution in [1.29, 1.82) is 0 Å². The lowest BCUT2D eigenvalue weighted by atomic mass is 10.2. The van der Waals surface area contributed by atoms with Gasteiger partial charge >= 0.3 is 0 Å². The molecule has 2 fully saturated rings. The Labute approximate surface area is 236 Å². The van der Waals surface area contributed by atoms with E-state index in [1.807, 2.05) is 73.1 Å². The van der Waals surface area contributed by atoms with Crippen LogP contribution < -0.4 is 19.3 Å². The van der Waals surface area contributed by atoms with Crippen molar-refractivity contribution in [2.24, 2.45) is 0 Å². The highest BCUT2D eigenvalue weighted by Crippen LogP contribution is 2.19. The van der Waals surface area contributed by atoms with Crippen molar-refractivity contribution >= 4 is 11.6 Å². The lowest BCUT2D eigenvalue weighted by molar-refractivity contribution is 0.0649. The van der Waals surface area contributed by atoms with Crippen molar-refractivity contribution in [2.75, 3.05) is 88.5 Å². The number of piperazine rings is 2. The second kappa shape index (κ2) is 14.3. The SMILES string of the molecule is O[C@H](COc1ccc(OC[C@H](O)CN2CCN(c3ccccn3)CC2)cc1)CN1CCN(c2ccccn2)CC1. The molecular formula is C30H40N6O4. The summed E-state index contributed by atoms with van der Waals surface area (Å²) in [5, 5.41) is 21.0. The molecule has 0 amide bonds. The van der Waals surface area contributed by atoms with E-state index in [9.17, 15) is 10.2 Å². The first kappa shape index (κ1) is 28.1. The average molecular weight is 549 g/mol. The van der Waals surface area contributed by atoms with Gasteiger partial charge in [0.1, 0.15) is 48.6 Å². The summed E-state index contributed by atoms with van der Waals surface area (Å²) < 4.78 is 11.6. The second-order valence-electron chi connectivity index (χ2n) is 10.4. The molecule has 5 rings (SSSR count). The third kappa shape index (κ3) is 8.28. The van der Waals surface area contributed by atoms with Gasteiger partial charge in [0.05, 0.1) is 0 Å². The number of aliphatic hydroxyl groups is 2. The van der Waals surface area contributed by atoms with Crippen LogP contribution in [0.3, 0.4) is 0 Å². The summed E-state index contributed by atoms with van der Waals surface area (Å²) in [5.74, 6) is 3.36. The number of pyridine rings is 2. The number of β-amino-alcohol motifs (C(OH)–C–C–N with tert-alkyl or cyclic N) is 2. The molecule has 2 aromatic heterocycles. The molecule has 0 aliphatic carbocycles. The molecule has 214 valence electrons. The molecule has 2 N–H and O–H groups in total. The quantitative estimate of drug-likeness (QED) is 0.347. The number of aromatic nitrogens is 2. The predicted octanol–water partition coefficient (Wildman–Crippen LogP) is 1.60. The average Bonchev–Trinajstić information content (AvgIpc) is 3.01. The van der Waals surface area contributed by atoms with Crippen molar-refractivity contribution < 1.29 is 19.7 Å². The maximum Gasteiger partial charge on any atom is 0.128 e. The van der Waals surface area contributed by atoms with E-state index in [1.54, 1.807) is 0 Å². The van der Waals surface area contributed by atoms with Crippen LogP contribution in [0.15, 0.2) is 73.1 Å². The Bertz CT molecular complexity index is 1030. The molecule has 0 bridgehead atoms. The van der Waals surface area contributed by atoms with Crippen LogP contribution in [-0.4, -0.2) is 121 Å².